The molecule has 1 saturated heterocycles. The number of amides is 1. The van der Waals surface area contributed by atoms with Crippen molar-refractivity contribution in [2.75, 3.05) is 19.7 Å². The zero-order chi connectivity index (χ0) is 18.3. The Morgan fingerprint density at radius 1 is 1.04 bits per heavy atom. The monoisotopic (exact) mass is 355 g/mol. The van der Waals surface area contributed by atoms with Crippen LogP contribution in [0, 0.1) is 5.92 Å². The SMILES string of the molecule is O=C(O)[C@@H]1CN(C(=O)OCC2c3ccccc3-c3ccccc32)C[C@H]1F. The van der Waals surface area contributed by atoms with E-state index in [4.69, 9.17) is 9.84 Å². The second-order valence-electron chi connectivity index (χ2n) is 6.67. The molecule has 1 heterocycles. The Morgan fingerprint density at radius 2 is 1.62 bits per heavy atom. The van der Waals surface area contributed by atoms with Gasteiger partial charge in [0.25, 0.3) is 0 Å². The number of hydrogen-bond donors (Lipinski definition) is 1. The second-order valence-corrected chi connectivity index (χ2v) is 6.67. The van der Waals surface area contributed by atoms with Gasteiger partial charge in [0.15, 0.2) is 0 Å². The third-order valence-corrected chi connectivity index (χ3v) is 5.16. The van der Waals surface area contributed by atoms with Crippen molar-refractivity contribution in [1.82, 2.24) is 4.90 Å². The molecule has 1 N–H and O–H groups in total. The molecule has 2 aromatic carbocycles. The standard InChI is InChI=1S/C20H18FNO4/c21-18-10-22(9-16(18)19(23)24)20(25)26-11-17-14-7-3-1-5-12(14)13-6-2-4-8-15(13)17/h1-8,16-18H,9-11H2,(H,23,24)/t16-,18-/m1/s1. The van der Waals surface area contributed by atoms with E-state index in [0.29, 0.717) is 0 Å². The number of nitrogens with zero attached hydrogens (tertiary/aromatic N) is 1. The van der Waals surface area contributed by atoms with Crippen LogP contribution in [0.15, 0.2) is 48.5 Å². The van der Waals surface area contributed by atoms with E-state index in [1.54, 1.807) is 0 Å². The van der Waals surface area contributed by atoms with Crippen LogP contribution in [0.25, 0.3) is 11.1 Å². The van der Waals surface area contributed by atoms with Crippen LogP contribution in [0.5, 0.6) is 0 Å². The van der Waals surface area contributed by atoms with Crippen molar-refractivity contribution in [3.8, 4) is 11.1 Å². The summed E-state index contributed by atoms with van der Waals surface area (Å²) in [6, 6.07) is 16.0. The number of rotatable bonds is 3. The summed E-state index contributed by atoms with van der Waals surface area (Å²) in [4.78, 5) is 24.4. The predicted octanol–water partition coefficient (Wildman–Crippen LogP) is 3.29. The maximum absolute atomic E-state index is 13.8. The smallest absolute Gasteiger partial charge is 0.409 e. The number of carboxylic acid groups (broad SMARTS) is 1. The minimum absolute atomic E-state index is 0.0783. The highest BCUT2D eigenvalue weighted by Crippen LogP contribution is 2.44. The van der Waals surface area contributed by atoms with Crippen molar-refractivity contribution in [2.45, 2.75) is 12.1 Å². The first kappa shape index (κ1) is 16.6. The number of fused-ring (bicyclic) bond motifs is 3. The molecule has 26 heavy (non-hydrogen) atoms. The molecule has 4 rings (SSSR count). The number of likely N-dealkylation sites (tertiary alicyclic amines) is 1. The zero-order valence-corrected chi connectivity index (χ0v) is 14.0. The molecule has 0 saturated carbocycles. The van der Waals surface area contributed by atoms with E-state index in [1.807, 2.05) is 48.5 Å². The van der Waals surface area contributed by atoms with Gasteiger partial charge in [-0.3, -0.25) is 4.79 Å². The fourth-order valence-electron chi connectivity index (χ4n) is 3.83. The number of benzene rings is 2. The Morgan fingerprint density at radius 3 is 2.15 bits per heavy atom. The first-order chi connectivity index (χ1) is 12.6. The highest BCUT2D eigenvalue weighted by molar-refractivity contribution is 5.79. The molecule has 1 fully saturated rings. The average Bonchev–Trinajstić information content (AvgIpc) is 3.18. The summed E-state index contributed by atoms with van der Waals surface area (Å²) in [5.41, 5.74) is 4.43. The van der Waals surface area contributed by atoms with Crippen molar-refractivity contribution >= 4 is 12.1 Å². The van der Waals surface area contributed by atoms with E-state index in [0.717, 1.165) is 27.2 Å². The molecule has 1 aliphatic heterocycles. The first-order valence-corrected chi connectivity index (χ1v) is 8.53. The lowest BCUT2D eigenvalue weighted by atomic mass is 9.98. The molecule has 1 amide bonds. The van der Waals surface area contributed by atoms with Crippen molar-refractivity contribution in [3.63, 3.8) is 0 Å². The number of hydrogen-bond acceptors (Lipinski definition) is 3. The molecule has 2 aliphatic rings. The lowest BCUT2D eigenvalue weighted by Crippen LogP contribution is -2.31. The summed E-state index contributed by atoms with van der Waals surface area (Å²) < 4.78 is 19.2. The molecule has 2 aromatic rings. The molecular formula is C20H18FNO4. The van der Waals surface area contributed by atoms with Gasteiger partial charge in [-0.25, -0.2) is 9.18 Å². The molecule has 0 unspecified atom stereocenters. The van der Waals surface area contributed by atoms with Crippen molar-refractivity contribution in [2.24, 2.45) is 5.92 Å². The van der Waals surface area contributed by atoms with Crippen LogP contribution in [-0.4, -0.2) is 47.9 Å². The van der Waals surface area contributed by atoms with Gasteiger partial charge in [-0.05, 0) is 22.3 Å². The average molecular weight is 355 g/mol. The van der Waals surface area contributed by atoms with Gasteiger partial charge in [0.2, 0.25) is 0 Å². The lowest BCUT2D eigenvalue weighted by Gasteiger charge is -2.19. The second kappa shape index (κ2) is 6.44. The van der Waals surface area contributed by atoms with Crippen molar-refractivity contribution < 1.29 is 23.8 Å². The van der Waals surface area contributed by atoms with E-state index in [-0.39, 0.29) is 25.6 Å². The highest BCUT2D eigenvalue weighted by atomic mass is 19.1. The van der Waals surface area contributed by atoms with Gasteiger partial charge in [-0.1, -0.05) is 48.5 Å². The van der Waals surface area contributed by atoms with Gasteiger partial charge >= 0.3 is 12.1 Å². The van der Waals surface area contributed by atoms with Gasteiger partial charge in [0.05, 0.1) is 6.54 Å². The van der Waals surface area contributed by atoms with E-state index in [9.17, 15) is 14.0 Å². The molecule has 6 heteroatoms. The van der Waals surface area contributed by atoms with Gasteiger partial charge in [-0.2, -0.15) is 0 Å². The zero-order valence-electron chi connectivity index (χ0n) is 14.0. The van der Waals surface area contributed by atoms with Crippen LogP contribution in [0.4, 0.5) is 9.18 Å². The number of alkyl halides is 1. The van der Waals surface area contributed by atoms with Crippen LogP contribution >= 0.6 is 0 Å². The number of halogens is 1. The van der Waals surface area contributed by atoms with Crippen LogP contribution in [0.1, 0.15) is 17.0 Å². The molecule has 2 atom stereocenters. The summed E-state index contributed by atoms with van der Waals surface area (Å²) in [5.74, 6) is -2.49. The Kier molecular flexibility index (Phi) is 4.11. The maximum Gasteiger partial charge on any atom is 0.409 e. The molecule has 0 bridgehead atoms. The summed E-state index contributed by atoms with van der Waals surface area (Å²) in [7, 11) is 0. The van der Waals surface area contributed by atoms with Crippen LogP contribution in [-0.2, 0) is 9.53 Å². The van der Waals surface area contributed by atoms with Gasteiger partial charge in [0.1, 0.15) is 18.7 Å². The highest BCUT2D eigenvalue weighted by Gasteiger charge is 2.41. The summed E-state index contributed by atoms with van der Waals surface area (Å²) in [5, 5.41) is 8.99. The quantitative estimate of drug-likeness (QED) is 0.917. The van der Waals surface area contributed by atoms with Crippen LogP contribution in [0.3, 0.4) is 0 Å². The molecule has 0 spiro atoms. The lowest BCUT2D eigenvalue weighted by molar-refractivity contribution is -0.142. The maximum atomic E-state index is 13.8. The minimum atomic E-state index is -1.56. The van der Waals surface area contributed by atoms with E-state index in [2.05, 4.69) is 0 Å². The number of aliphatic carboxylic acids is 1. The Hall–Kier alpha value is -2.89. The first-order valence-electron chi connectivity index (χ1n) is 8.53. The summed E-state index contributed by atoms with van der Waals surface area (Å²) >= 11 is 0. The topological polar surface area (TPSA) is 66.8 Å². The number of carboxylic acids is 1. The Balaban J connectivity index is 1.49. The van der Waals surface area contributed by atoms with Gasteiger partial charge in [0, 0.05) is 12.5 Å². The summed E-state index contributed by atoms with van der Waals surface area (Å²) in [6.45, 7) is -0.265. The summed E-state index contributed by atoms with van der Waals surface area (Å²) in [6.07, 6.45) is -2.23. The molecule has 0 aromatic heterocycles. The number of ether oxygens (including phenoxy) is 1. The Labute approximate surface area is 150 Å². The molecular weight excluding hydrogens is 337 g/mol. The third kappa shape index (κ3) is 2.71. The molecule has 0 radical (unpaired) electrons. The molecule has 5 nitrogen and oxygen atoms in total. The van der Waals surface area contributed by atoms with Crippen LogP contribution in [0.2, 0.25) is 0 Å². The number of carbonyl (C=O) groups is 2. The normalized spacial score (nSPS) is 21.3. The third-order valence-electron chi connectivity index (χ3n) is 5.16. The minimum Gasteiger partial charge on any atom is -0.481 e. The van der Waals surface area contributed by atoms with E-state index < -0.39 is 24.2 Å². The van der Waals surface area contributed by atoms with Crippen molar-refractivity contribution in [3.05, 3.63) is 59.7 Å². The largest absolute Gasteiger partial charge is 0.481 e. The molecule has 134 valence electrons. The van der Waals surface area contributed by atoms with Gasteiger partial charge < -0.3 is 14.7 Å². The Bertz CT molecular complexity index is 823. The number of carbonyl (C=O) groups excluding carboxylic acids is 1. The fraction of sp³-hybridized carbons (Fsp3) is 0.300. The van der Waals surface area contributed by atoms with E-state index >= 15 is 0 Å². The fourth-order valence-corrected chi connectivity index (χ4v) is 3.83. The van der Waals surface area contributed by atoms with Gasteiger partial charge in [-0.15, -0.1) is 0 Å². The molecule has 1 aliphatic carbocycles. The predicted molar refractivity (Wildman–Crippen MR) is 92.7 cm³/mol. The van der Waals surface area contributed by atoms with Crippen molar-refractivity contribution in [1.29, 1.82) is 0 Å². The van der Waals surface area contributed by atoms with Crippen LogP contribution < -0.4 is 0 Å². The van der Waals surface area contributed by atoms with E-state index in [1.165, 1.54) is 0 Å².